The number of amides is 2. The first-order valence-corrected chi connectivity index (χ1v) is 7.80. The van der Waals surface area contributed by atoms with Crippen LogP contribution in [0, 0.1) is 23.5 Å². The van der Waals surface area contributed by atoms with Gasteiger partial charge in [-0.05, 0) is 17.7 Å². The van der Waals surface area contributed by atoms with Gasteiger partial charge in [0.1, 0.15) is 17.7 Å². The van der Waals surface area contributed by atoms with Gasteiger partial charge in [0.05, 0.1) is 20.6 Å². The van der Waals surface area contributed by atoms with Gasteiger partial charge in [-0.15, -0.1) is 0 Å². The normalized spacial score (nSPS) is 12.8. The molecule has 0 unspecified atom stereocenters. The summed E-state index contributed by atoms with van der Waals surface area (Å²) in [7, 11) is 2.09. The predicted octanol–water partition coefficient (Wildman–Crippen LogP) is 0.0757. The van der Waals surface area contributed by atoms with E-state index in [1.807, 2.05) is 0 Å². The van der Waals surface area contributed by atoms with Crippen LogP contribution in [0.2, 0.25) is 0 Å². The Balaban J connectivity index is 2.99. The van der Waals surface area contributed by atoms with Gasteiger partial charge in [0.25, 0.3) is 0 Å². The number of ether oxygens (including phenoxy) is 2. The first kappa shape index (κ1) is 22.0. The smallest absolute Gasteiger partial charge is 0.320 e. The molecule has 0 fully saturated rings. The van der Waals surface area contributed by atoms with Crippen molar-refractivity contribution in [1.82, 2.24) is 5.32 Å². The van der Waals surface area contributed by atoms with Crippen molar-refractivity contribution < 1.29 is 37.4 Å². The standard InChI is InChI=1S/C17H20F2N2O6/c1-8(13(16(24)26-2)17(25)27-3)14(15(20)23)21-12(22)6-9-4-10(18)7-11(19)5-9/h4-5,7-8,13-14H,6H2,1-3H3,(H2,20,23)(H,21,22)/t8-,14+/m0/s1. The van der Waals surface area contributed by atoms with E-state index in [1.54, 1.807) is 0 Å². The van der Waals surface area contributed by atoms with Crippen LogP contribution in [0.4, 0.5) is 8.78 Å². The molecule has 2 amide bonds. The molecule has 0 saturated carbocycles. The number of rotatable bonds is 8. The highest BCUT2D eigenvalue weighted by molar-refractivity contribution is 5.97. The average molecular weight is 386 g/mol. The van der Waals surface area contributed by atoms with Crippen LogP contribution in [0.15, 0.2) is 18.2 Å². The molecule has 2 atom stereocenters. The van der Waals surface area contributed by atoms with E-state index in [0.29, 0.717) is 6.07 Å². The van der Waals surface area contributed by atoms with E-state index < -0.39 is 59.7 Å². The molecular weight excluding hydrogens is 366 g/mol. The molecule has 8 nitrogen and oxygen atoms in total. The van der Waals surface area contributed by atoms with Crippen molar-refractivity contribution in [3.63, 3.8) is 0 Å². The van der Waals surface area contributed by atoms with Gasteiger partial charge < -0.3 is 20.5 Å². The molecule has 0 spiro atoms. The van der Waals surface area contributed by atoms with Crippen LogP contribution in [-0.2, 0) is 35.1 Å². The average Bonchev–Trinajstić information content (AvgIpc) is 2.57. The van der Waals surface area contributed by atoms with Gasteiger partial charge in [0.15, 0.2) is 5.92 Å². The van der Waals surface area contributed by atoms with Gasteiger partial charge in [-0.2, -0.15) is 0 Å². The van der Waals surface area contributed by atoms with Gasteiger partial charge in [0.2, 0.25) is 11.8 Å². The fraction of sp³-hybridized carbons (Fsp3) is 0.412. The van der Waals surface area contributed by atoms with Crippen molar-refractivity contribution in [3.05, 3.63) is 35.4 Å². The molecule has 27 heavy (non-hydrogen) atoms. The molecule has 0 saturated heterocycles. The van der Waals surface area contributed by atoms with Crippen LogP contribution in [0.5, 0.6) is 0 Å². The van der Waals surface area contributed by atoms with Crippen LogP contribution < -0.4 is 11.1 Å². The molecule has 10 heteroatoms. The zero-order valence-corrected chi connectivity index (χ0v) is 15.0. The highest BCUT2D eigenvalue weighted by atomic mass is 19.1. The number of nitrogens with one attached hydrogen (secondary N) is 1. The van der Waals surface area contributed by atoms with Crippen LogP contribution in [-0.4, -0.2) is 44.0 Å². The van der Waals surface area contributed by atoms with Gasteiger partial charge >= 0.3 is 11.9 Å². The second kappa shape index (κ2) is 9.60. The lowest BCUT2D eigenvalue weighted by molar-refractivity contribution is -0.162. The third-order valence-electron chi connectivity index (χ3n) is 3.87. The molecule has 3 N–H and O–H groups in total. The maximum absolute atomic E-state index is 13.2. The number of primary amides is 1. The molecule has 0 bridgehead atoms. The third kappa shape index (κ3) is 6.01. The predicted molar refractivity (Wildman–Crippen MR) is 87.9 cm³/mol. The minimum absolute atomic E-state index is 0.0263. The van der Waals surface area contributed by atoms with E-state index in [4.69, 9.17) is 5.73 Å². The Morgan fingerprint density at radius 1 is 1.04 bits per heavy atom. The van der Waals surface area contributed by atoms with E-state index in [-0.39, 0.29) is 5.56 Å². The number of carbonyl (C=O) groups excluding carboxylic acids is 4. The fourth-order valence-electron chi connectivity index (χ4n) is 2.56. The highest BCUT2D eigenvalue weighted by Gasteiger charge is 2.41. The maximum atomic E-state index is 13.2. The molecule has 148 valence electrons. The summed E-state index contributed by atoms with van der Waals surface area (Å²) in [6, 6.07) is 1.13. The number of halogens is 2. The number of hydrogen-bond acceptors (Lipinski definition) is 6. The van der Waals surface area contributed by atoms with E-state index in [0.717, 1.165) is 26.4 Å². The summed E-state index contributed by atoms with van der Waals surface area (Å²) in [5.74, 6) is -8.09. The van der Waals surface area contributed by atoms with Crippen LogP contribution >= 0.6 is 0 Å². The topological polar surface area (TPSA) is 125 Å². The third-order valence-corrected chi connectivity index (χ3v) is 3.87. The summed E-state index contributed by atoms with van der Waals surface area (Å²) >= 11 is 0. The van der Waals surface area contributed by atoms with E-state index in [2.05, 4.69) is 14.8 Å². The molecule has 0 aliphatic rings. The Kier molecular flexibility index (Phi) is 7.82. The Morgan fingerprint density at radius 2 is 1.52 bits per heavy atom. The molecule has 0 aliphatic carbocycles. The zero-order chi connectivity index (χ0) is 20.7. The monoisotopic (exact) mass is 386 g/mol. The summed E-state index contributed by atoms with van der Waals surface area (Å²) in [6.07, 6.45) is -0.452. The number of methoxy groups -OCH3 is 2. The van der Waals surface area contributed by atoms with Crippen molar-refractivity contribution in [1.29, 1.82) is 0 Å². The lowest BCUT2D eigenvalue weighted by atomic mass is 9.86. The Bertz CT molecular complexity index is 704. The Morgan fingerprint density at radius 3 is 1.93 bits per heavy atom. The summed E-state index contributed by atoms with van der Waals surface area (Å²) in [5, 5.41) is 2.27. The summed E-state index contributed by atoms with van der Waals surface area (Å²) in [4.78, 5) is 47.6. The van der Waals surface area contributed by atoms with Crippen LogP contribution in [0.25, 0.3) is 0 Å². The minimum atomic E-state index is -1.51. The van der Waals surface area contributed by atoms with E-state index in [9.17, 15) is 28.0 Å². The molecule has 0 aliphatic heterocycles. The molecule has 1 aromatic carbocycles. The number of esters is 2. The largest absolute Gasteiger partial charge is 0.468 e. The van der Waals surface area contributed by atoms with Gasteiger partial charge in [-0.3, -0.25) is 19.2 Å². The number of carbonyl (C=O) groups is 4. The zero-order valence-electron chi connectivity index (χ0n) is 15.0. The second-order valence-corrected chi connectivity index (χ2v) is 5.79. The fourth-order valence-corrected chi connectivity index (χ4v) is 2.56. The van der Waals surface area contributed by atoms with Gasteiger partial charge in [-0.25, -0.2) is 8.78 Å². The molecule has 0 aromatic heterocycles. The van der Waals surface area contributed by atoms with Gasteiger partial charge in [0, 0.05) is 12.0 Å². The van der Waals surface area contributed by atoms with Crippen molar-refractivity contribution in [2.45, 2.75) is 19.4 Å². The van der Waals surface area contributed by atoms with Crippen molar-refractivity contribution >= 4 is 23.8 Å². The van der Waals surface area contributed by atoms with Gasteiger partial charge in [-0.1, -0.05) is 6.92 Å². The van der Waals surface area contributed by atoms with E-state index >= 15 is 0 Å². The summed E-state index contributed by atoms with van der Waals surface area (Å²) in [5.41, 5.74) is 5.30. The second-order valence-electron chi connectivity index (χ2n) is 5.79. The highest BCUT2D eigenvalue weighted by Crippen LogP contribution is 2.20. The first-order valence-electron chi connectivity index (χ1n) is 7.80. The maximum Gasteiger partial charge on any atom is 0.320 e. The minimum Gasteiger partial charge on any atom is -0.468 e. The summed E-state index contributed by atoms with van der Waals surface area (Å²) in [6.45, 7) is 1.33. The summed E-state index contributed by atoms with van der Waals surface area (Å²) < 4.78 is 35.5. The molecular formula is C17H20F2N2O6. The molecule has 0 radical (unpaired) electrons. The number of benzene rings is 1. The van der Waals surface area contributed by atoms with Crippen molar-refractivity contribution in [3.8, 4) is 0 Å². The van der Waals surface area contributed by atoms with Crippen LogP contribution in [0.3, 0.4) is 0 Å². The quantitative estimate of drug-likeness (QED) is 0.481. The number of hydrogen-bond donors (Lipinski definition) is 2. The molecule has 1 aromatic rings. The van der Waals surface area contributed by atoms with Crippen molar-refractivity contribution in [2.75, 3.05) is 14.2 Å². The van der Waals surface area contributed by atoms with E-state index in [1.165, 1.54) is 6.92 Å². The lowest BCUT2D eigenvalue weighted by Gasteiger charge is -2.26. The lowest BCUT2D eigenvalue weighted by Crippen LogP contribution is -2.53. The SMILES string of the molecule is COC(=O)C(C(=O)OC)[C@H](C)[C@@H](NC(=O)Cc1cc(F)cc(F)c1)C(N)=O. The Labute approximate surface area is 154 Å². The number of nitrogens with two attached hydrogens (primary N) is 1. The molecule has 1 rings (SSSR count). The first-order chi connectivity index (χ1) is 12.6. The van der Waals surface area contributed by atoms with Crippen LogP contribution in [0.1, 0.15) is 12.5 Å². The Hall–Kier alpha value is -3.04. The van der Waals surface area contributed by atoms with Crippen molar-refractivity contribution in [2.24, 2.45) is 17.6 Å². The molecule has 0 heterocycles.